The van der Waals surface area contributed by atoms with Crippen molar-refractivity contribution < 1.29 is 14.6 Å². The second kappa shape index (κ2) is 8.81. The van der Waals surface area contributed by atoms with E-state index in [4.69, 9.17) is 0 Å². The zero-order chi connectivity index (χ0) is 17.6. The van der Waals surface area contributed by atoms with Crippen molar-refractivity contribution in [3.63, 3.8) is 0 Å². The first kappa shape index (κ1) is 18.4. The summed E-state index contributed by atoms with van der Waals surface area (Å²) in [5.74, 6) is 0.980. The van der Waals surface area contributed by atoms with Gasteiger partial charge < -0.3 is 14.7 Å². The van der Waals surface area contributed by atoms with Gasteiger partial charge in [0, 0.05) is 18.7 Å². The summed E-state index contributed by atoms with van der Waals surface area (Å²) in [6.45, 7) is 12.9. The van der Waals surface area contributed by atoms with Crippen molar-refractivity contribution in [1.29, 1.82) is 0 Å². The van der Waals surface area contributed by atoms with Crippen molar-refractivity contribution in [1.82, 2.24) is 4.90 Å². The first-order valence-electron chi connectivity index (χ1n) is 10.2. The maximum atomic E-state index is 12.4. The van der Waals surface area contributed by atoms with Gasteiger partial charge in [-0.15, -0.1) is 0 Å². The zero-order valence-corrected chi connectivity index (χ0v) is 16.0. The SMILES string of the molecule is CC(C)c1ccc(C[NH+]2CC[NH+](CC(=O)N3CCCCC3)CC2)cc1. The Balaban J connectivity index is 1.41. The number of nitrogens with one attached hydrogen (secondary N) is 2. The van der Waals surface area contributed by atoms with Crippen molar-refractivity contribution in [2.24, 2.45) is 0 Å². The second-order valence-electron chi connectivity index (χ2n) is 8.19. The molecule has 2 aliphatic rings. The largest absolute Gasteiger partial charge is 0.338 e. The lowest BCUT2D eigenvalue weighted by Crippen LogP contribution is -3.28. The highest BCUT2D eigenvalue weighted by atomic mass is 16.2. The van der Waals surface area contributed by atoms with Crippen LogP contribution in [0.5, 0.6) is 0 Å². The van der Waals surface area contributed by atoms with Crippen LogP contribution in [0.4, 0.5) is 0 Å². The summed E-state index contributed by atoms with van der Waals surface area (Å²) in [4.78, 5) is 17.7. The van der Waals surface area contributed by atoms with Crippen LogP contribution in [0.2, 0.25) is 0 Å². The maximum absolute atomic E-state index is 12.4. The summed E-state index contributed by atoms with van der Waals surface area (Å²) in [7, 11) is 0. The maximum Gasteiger partial charge on any atom is 0.277 e. The van der Waals surface area contributed by atoms with E-state index in [1.807, 2.05) is 0 Å². The number of hydrogen-bond donors (Lipinski definition) is 2. The van der Waals surface area contributed by atoms with Gasteiger partial charge in [-0.3, -0.25) is 4.79 Å². The Morgan fingerprint density at radius 3 is 2.16 bits per heavy atom. The molecule has 3 rings (SSSR count). The summed E-state index contributed by atoms with van der Waals surface area (Å²) < 4.78 is 0. The van der Waals surface area contributed by atoms with E-state index in [9.17, 15) is 4.79 Å². The molecule has 4 nitrogen and oxygen atoms in total. The number of rotatable bonds is 5. The standard InChI is InChI=1S/C21H33N3O/c1-18(2)20-8-6-19(7-9-20)16-22-12-14-23(15-13-22)17-21(25)24-10-4-3-5-11-24/h6-9,18H,3-5,10-17H2,1-2H3/p+2. The van der Waals surface area contributed by atoms with Crippen LogP contribution in [0.3, 0.4) is 0 Å². The molecule has 0 atom stereocenters. The van der Waals surface area contributed by atoms with Gasteiger partial charge in [-0.05, 0) is 30.7 Å². The van der Waals surface area contributed by atoms with Gasteiger partial charge in [0.15, 0.2) is 6.54 Å². The van der Waals surface area contributed by atoms with Gasteiger partial charge in [0.1, 0.15) is 32.7 Å². The molecule has 1 amide bonds. The molecule has 138 valence electrons. The third-order valence-electron chi connectivity index (χ3n) is 5.87. The van der Waals surface area contributed by atoms with E-state index in [1.165, 1.54) is 48.4 Å². The molecule has 0 aromatic heterocycles. The molecule has 2 saturated heterocycles. The second-order valence-corrected chi connectivity index (χ2v) is 8.19. The molecule has 4 heteroatoms. The molecule has 0 saturated carbocycles. The minimum Gasteiger partial charge on any atom is -0.338 e. The molecular weight excluding hydrogens is 310 g/mol. The summed E-state index contributed by atoms with van der Waals surface area (Å²) in [5.41, 5.74) is 2.86. The average molecular weight is 346 g/mol. The highest BCUT2D eigenvalue weighted by molar-refractivity contribution is 5.77. The number of carbonyl (C=O) groups excluding carboxylic acids is 1. The molecule has 1 aromatic carbocycles. The molecular formula is C21H35N3O+2. The molecule has 2 aliphatic heterocycles. The van der Waals surface area contributed by atoms with Crippen LogP contribution in [0.25, 0.3) is 0 Å². The van der Waals surface area contributed by atoms with E-state index in [-0.39, 0.29) is 0 Å². The van der Waals surface area contributed by atoms with Crippen LogP contribution in [-0.4, -0.2) is 56.6 Å². The molecule has 0 bridgehead atoms. The highest BCUT2D eigenvalue weighted by Gasteiger charge is 2.27. The predicted molar refractivity (Wildman–Crippen MR) is 101 cm³/mol. The lowest BCUT2D eigenvalue weighted by Gasteiger charge is -2.32. The monoisotopic (exact) mass is 345 g/mol. The topological polar surface area (TPSA) is 29.2 Å². The van der Waals surface area contributed by atoms with Crippen molar-refractivity contribution in [2.75, 3.05) is 45.8 Å². The van der Waals surface area contributed by atoms with Gasteiger partial charge in [0.2, 0.25) is 0 Å². The van der Waals surface area contributed by atoms with E-state index in [0.717, 1.165) is 32.7 Å². The van der Waals surface area contributed by atoms with E-state index in [1.54, 1.807) is 4.90 Å². The van der Waals surface area contributed by atoms with Gasteiger partial charge >= 0.3 is 0 Å². The van der Waals surface area contributed by atoms with Gasteiger partial charge in [-0.25, -0.2) is 0 Å². The minimum absolute atomic E-state index is 0.377. The number of quaternary nitrogens is 2. The molecule has 2 N–H and O–H groups in total. The third kappa shape index (κ3) is 5.29. The number of amides is 1. The molecule has 2 heterocycles. The molecule has 0 spiro atoms. The van der Waals surface area contributed by atoms with Crippen molar-refractivity contribution in [3.05, 3.63) is 35.4 Å². The summed E-state index contributed by atoms with van der Waals surface area (Å²) in [5, 5.41) is 0. The van der Waals surface area contributed by atoms with E-state index in [0.29, 0.717) is 18.4 Å². The molecule has 0 radical (unpaired) electrons. The number of nitrogens with zero attached hydrogens (tertiary/aromatic N) is 1. The number of hydrogen-bond acceptors (Lipinski definition) is 1. The lowest BCUT2D eigenvalue weighted by molar-refractivity contribution is -1.02. The summed E-state index contributed by atoms with van der Waals surface area (Å²) >= 11 is 0. The molecule has 1 aromatic rings. The van der Waals surface area contributed by atoms with E-state index in [2.05, 4.69) is 43.0 Å². The molecule has 0 unspecified atom stereocenters. The van der Waals surface area contributed by atoms with E-state index >= 15 is 0 Å². The number of carbonyl (C=O) groups is 1. The van der Waals surface area contributed by atoms with Crippen LogP contribution < -0.4 is 9.80 Å². The van der Waals surface area contributed by atoms with Gasteiger partial charge in [-0.2, -0.15) is 0 Å². The van der Waals surface area contributed by atoms with Crippen LogP contribution in [0.1, 0.15) is 50.2 Å². The van der Waals surface area contributed by atoms with Crippen molar-refractivity contribution in [3.8, 4) is 0 Å². The lowest BCUT2D eigenvalue weighted by atomic mass is 10.0. The normalized spacial score (nSPS) is 24.5. The van der Waals surface area contributed by atoms with Gasteiger partial charge in [0.25, 0.3) is 5.91 Å². The minimum atomic E-state index is 0.377. The molecule has 25 heavy (non-hydrogen) atoms. The highest BCUT2D eigenvalue weighted by Crippen LogP contribution is 2.14. The fraction of sp³-hybridized carbons (Fsp3) is 0.667. The van der Waals surface area contributed by atoms with Crippen LogP contribution in [0.15, 0.2) is 24.3 Å². The summed E-state index contributed by atoms with van der Waals surface area (Å²) in [6, 6.07) is 9.14. The summed E-state index contributed by atoms with van der Waals surface area (Å²) in [6.07, 6.45) is 3.67. The average Bonchev–Trinajstić information content (AvgIpc) is 2.64. The Bertz CT molecular complexity index is 541. The fourth-order valence-corrected chi connectivity index (χ4v) is 4.09. The quantitative estimate of drug-likeness (QED) is 0.779. The van der Waals surface area contributed by atoms with Crippen LogP contribution in [0, 0.1) is 0 Å². The fourth-order valence-electron chi connectivity index (χ4n) is 4.09. The number of piperazine rings is 1. The zero-order valence-electron chi connectivity index (χ0n) is 16.0. The Kier molecular flexibility index (Phi) is 6.49. The van der Waals surface area contributed by atoms with Gasteiger partial charge in [0.05, 0.1) is 0 Å². The van der Waals surface area contributed by atoms with Gasteiger partial charge in [-0.1, -0.05) is 38.1 Å². The van der Waals surface area contributed by atoms with E-state index < -0.39 is 0 Å². The number of likely N-dealkylation sites (tertiary alicyclic amines) is 1. The number of benzene rings is 1. The number of piperidine rings is 1. The Morgan fingerprint density at radius 1 is 0.960 bits per heavy atom. The Hall–Kier alpha value is -1.39. The Morgan fingerprint density at radius 2 is 1.56 bits per heavy atom. The van der Waals surface area contributed by atoms with Crippen LogP contribution in [-0.2, 0) is 11.3 Å². The first-order valence-corrected chi connectivity index (χ1v) is 10.2. The molecule has 0 aliphatic carbocycles. The molecule has 2 fully saturated rings. The third-order valence-corrected chi connectivity index (χ3v) is 5.87. The van der Waals surface area contributed by atoms with Crippen molar-refractivity contribution in [2.45, 2.75) is 45.6 Å². The smallest absolute Gasteiger partial charge is 0.277 e. The first-order chi connectivity index (χ1) is 12.1. The Labute approximate surface area is 152 Å². The predicted octanol–water partition coefficient (Wildman–Crippen LogP) is 0.106. The van der Waals surface area contributed by atoms with Crippen molar-refractivity contribution >= 4 is 5.91 Å². The van der Waals surface area contributed by atoms with Crippen LogP contribution >= 0.6 is 0 Å².